The molecule has 3 atom stereocenters. The van der Waals surface area contributed by atoms with Gasteiger partial charge in [0.2, 0.25) is 11.8 Å². The van der Waals surface area contributed by atoms with Gasteiger partial charge in [0.05, 0.1) is 7.11 Å². The van der Waals surface area contributed by atoms with Crippen LogP contribution < -0.4 is 10.6 Å². The van der Waals surface area contributed by atoms with Crippen LogP contribution in [0.5, 0.6) is 0 Å². The average Bonchev–Trinajstić information content (AvgIpc) is 2.66. The summed E-state index contributed by atoms with van der Waals surface area (Å²) >= 11 is 0. The minimum atomic E-state index is -1.07. The van der Waals surface area contributed by atoms with Crippen LogP contribution in [0, 0.1) is 11.7 Å². The molecule has 0 aliphatic heterocycles. The molecule has 1 aromatic carbocycles. The van der Waals surface area contributed by atoms with Gasteiger partial charge < -0.3 is 15.4 Å². The van der Waals surface area contributed by atoms with Crippen LogP contribution in [0.15, 0.2) is 24.3 Å². The van der Waals surface area contributed by atoms with Crippen LogP contribution in [0.4, 0.5) is 4.39 Å². The van der Waals surface area contributed by atoms with E-state index in [1.54, 1.807) is 6.07 Å². The predicted molar refractivity (Wildman–Crippen MR) is 98.6 cm³/mol. The van der Waals surface area contributed by atoms with Crippen molar-refractivity contribution in [2.24, 2.45) is 5.92 Å². The van der Waals surface area contributed by atoms with Crippen molar-refractivity contribution in [2.45, 2.75) is 51.1 Å². The van der Waals surface area contributed by atoms with Crippen LogP contribution in [0.2, 0.25) is 0 Å². The highest BCUT2D eigenvalue weighted by molar-refractivity contribution is 5.91. The second kappa shape index (κ2) is 9.96. The summed E-state index contributed by atoms with van der Waals surface area (Å²) in [7, 11) is 1.21. The summed E-state index contributed by atoms with van der Waals surface area (Å²) in [5.74, 6) is -2.58. The molecule has 2 rings (SSSR count). The molecule has 0 heterocycles. The minimum Gasteiger partial charge on any atom is -0.467 e. The van der Waals surface area contributed by atoms with Crippen LogP contribution in [-0.4, -0.2) is 42.8 Å². The first-order chi connectivity index (χ1) is 13.3. The van der Waals surface area contributed by atoms with Crippen molar-refractivity contribution in [1.29, 1.82) is 0 Å². The Morgan fingerprint density at radius 1 is 1.25 bits per heavy atom. The fourth-order valence-electron chi connectivity index (χ4n) is 3.43. The first-order valence-corrected chi connectivity index (χ1v) is 9.22. The number of carbonyl (C=O) groups excluding carboxylic acids is 4. The van der Waals surface area contributed by atoms with Gasteiger partial charge in [0, 0.05) is 26.2 Å². The minimum absolute atomic E-state index is 0.0316. The third kappa shape index (κ3) is 5.87. The number of methoxy groups -OCH3 is 1. The molecular weight excluding hydrogens is 367 g/mol. The zero-order valence-corrected chi connectivity index (χ0v) is 16.0. The Morgan fingerprint density at radius 2 is 1.96 bits per heavy atom. The highest BCUT2D eigenvalue weighted by Crippen LogP contribution is 2.25. The highest BCUT2D eigenvalue weighted by atomic mass is 19.1. The first-order valence-electron chi connectivity index (χ1n) is 9.22. The van der Waals surface area contributed by atoms with Gasteiger partial charge in [-0.25, -0.2) is 9.18 Å². The van der Waals surface area contributed by atoms with E-state index < -0.39 is 35.7 Å². The fourth-order valence-corrected chi connectivity index (χ4v) is 3.43. The van der Waals surface area contributed by atoms with Crippen molar-refractivity contribution < 1.29 is 28.3 Å². The Balaban J connectivity index is 2.18. The number of benzene rings is 1. The highest BCUT2D eigenvalue weighted by Gasteiger charge is 2.35. The smallest absolute Gasteiger partial charge is 0.328 e. The summed E-state index contributed by atoms with van der Waals surface area (Å²) in [4.78, 5) is 48.3. The van der Waals surface area contributed by atoms with Gasteiger partial charge in [-0.2, -0.15) is 0 Å². The summed E-state index contributed by atoms with van der Waals surface area (Å²) in [6, 6.07) is 3.88. The lowest BCUT2D eigenvalue weighted by atomic mass is 9.83. The summed E-state index contributed by atoms with van der Waals surface area (Å²) in [5.41, 5.74) is 0.263. The van der Waals surface area contributed by atoms with Gasteiger partial charge in [0.15, 0.2) is 0 Å². The van der Waals surface area contributed by atoms with Crippen molar-refractivity contribution in [3.8, 4) is 0 Å². The maximum atomic E-state index is 14.0. The molecule has 2 N–H and O–H groups in total. The number of rotatable bonds is 7. The number of hydrogen-bond donors (Lipinski definition) is 2. The molecule has 0 radical (unpaired) electrons. The molecule has 28 heavy (non-hydrogen) atoms. The van der Waals surface area contributed by atoms with E-state index in [0.29, 0.717) is 19.3 Å². The largest absolute Gasteiger partial charge is 0.467 e. The molecule has 1 saturated carbocycles. The fraction of sp³-hybridized carbons (Fsp3) is 0.500. The number of nitrogens with one attached hydrogen (secondary N) is 2. The monoisotopic (exact) mass is 392 g/mol. The summed E-state index contributed by atoms with van der Waals surface area (Å²) < 4.78 is 18.8. The molecule has 152 valence electrons. The van der Waals surface area contributed by atoms with E-state index in [0.717, 1.165) is 0 Å². The summed E-state index contributed by atoms with van der Waals surface area (Å²) in [6.45, 7) is 1.25. The quantitative estimate of drug-likeness (QED) is 0.681. The zero-order chi connectivity index (χ0) is 20.7. The number of hydrogen-bond acceptors (Lipinski definition) is 5. The molecule has 0 unspecified atom stereocenters. The van der Waals surface area contributed by atoms with Gasteiger partial charge in [-0.1, -0.05) is 18.2 Å². The van der Waals surface area contributed by atoms with Crippen LogP contribution in [0.3, 0.4) is 0 Å². The molecule has 7 nitrogen and oxygen atoms in total. The number of ketones is 1. The lowest BCUT2D eigenvalue weighted by molar-refractivity contribution is -0.147. The van der Waals surface area contributed by atoms with Gasteiger partial charge in [0.25, 0.3) is 0 Å². The maximum absolute atomic E-state index is 14.0. The number of carbonyl (C=O) groups is 4. The van der Waals surface area contributed by atoms with Crippen molar-refractivity contribution in [3.63, 3.8) is 0 Å². The van der Waals surface area contributed by atoms with Crippen LogP contribution in [0.25, 0.3) is 0 Å². The topological polar surface area (TPSA) is 102 Å². The zero-order valence-electron chi connectivity index (χ0n) is 16.0. The predicted octanol–water partition coefficient (Wildman–Crippen LogP) is 1.29. The molecule has 0 aromatic heterocycles. The third-order valence-electron chi connectivity index (χ3n) is 4.82. The molecule has 1 aromatic rings. The Labute approximate surface area is 163 Å². The Kier molecular flexibility index (Phi) is 7.66. The molecule has 1 fully saturated rings. The first kappa shape index (κ1) is 21.5. The standard InChI is InChI=1S/C20H25FN2O5/c1-12(24)22-17(11-13-6-3-4-9-16(13)21)19(26)23-18(20(27)28-2)14-7-5-8-15(25)10-14/h3-4,6,9,14,17-18H,5,7-8,10-11H2,1-2H3,(H,22,24)(H,23,26)/t14-,17+,18-/m0/s1. The summed E-state index contributed by atoms with van der Waals surface area (Å²) in [5, 5.41) is 5.09. The molecule has 2 amide bonds. The van der Waals surface area contributed by atoms with E-state index >= 15 is 0 Å². The molecule has 0 bridgehead atoms. The van der Waals surface area contributed by atoms with Crippen molar-refractivity contribution >= 4 is 23.6 Å². The van der Waals surface area contributed by atoms with Gasteiger partial charge in [-0.15, -0.1) is 0 Å². The lowest BCUT2D eigenvalue weighted by Gasteiger charge is -2.29. The number of Topliss-reactive ketones (excluding diaryl/α,β-unsaturated/α-hetero) is 1. The van der Waals surface area contributed by atoms with Crippen LogP contribution in [0.1, 0.15) is 38.2 Å². The number of amides is 2. The molecule has 0 spiro atoms. The second-order valence-corrected chi connectivity index (χ2v) is 6.95. The number of halogens is 1. The van der Waals surface area contributed by atoms with Crippen LogP contribution in [-0.2, 0) is 30.3 Å². The molecule has 1 aliphatic rings. The van der Waals surface area contributed by atoms with Gasteiger partial charge >= 0.3 is 5.97 Å². The Morgan fingerprint density at radius 3 is 2.57 bits per heavy atom. The van der Waals surface area contributed by atoms with E-state index in [2.05, 4.69) is 10.6 Å². The molecule has 1 aliphatic carbocycles. The Bertz CT molecular complexity index is 752. The van der Waals surface area contributed by atoms with E-state index in [1.165, 1.54) is 32.2 Å². The van der Waals surface area contributed by atoms with E-state index in [4.69, 9.17) is 4.74 Å². The third-order valence-corrected chi connectivity index (χ3v) is 4.82. The average molecular weight is 392 g/mol. The van der Waals surface area contributed by atoms with Gasteiger partial charge in [-0.05, 0) is 30.4 Å². The summed E-state index contributed by atoms with van der Waals surface area (Å²) in [6.07, 6.45) is 1.80. The Hall–Kier alpha value is -2.77. The number of ether oxygens (including phenoxy) is 1. The second-order valence-electron chi connectivity index (χ2n) is 6.95. The van der Waals surface area contributed by atoms with Gasteiger partial charge in [0.1, 0.15) is 23.7 Å². The lowest BCUT2D eigenvalue weighted by Crippen LogP contribution is -2.55. The van der Waals surface area contributed by atoms with Crippen molar-refractivity contribution in [2.75, 3.05) is 7.11 Å². The molecular formula is C20H25FN2O5. The van der Waals surface area contributed by atoms with Gasteiger partial charge in [-0.3, -0.25) is 14.4 Å². The maximum Gasteiger partial charge on any atom is 0.328 e. The SMILES string of the molecule is COC(=O)[C@@H](NC(=O)[C@@H](Cc1ccccc1F)NC(C)=O)[C@H]1CCCC(=O)C1. The molecule has 8 heteroatoms. The molecule has 0 saturated heterocycles. The van der Waals surface area contributed by atoms with Crippen molar-refractivity contribution in [1.82, 2.24) is 10.6 Å². The van der Waals surface area contributed by atoms with E-state index in [9.17, 15) is 23.6 Å². The van der Waals surface area contributed by atoms with Crippen LogP contribution >= 0.6 is 0 Å². The van der Waals surface area contributed by atoms with Crippen molar-refractivity contribution in [3.05, 3.63) is 35.6 Å². The number of esters is 1. The normalized spacial score (nSPS) is 18.7. The van der Waals surface area contributed by atoms with E-state index in [-0.39, 0.29) is 30.1 Å². The van der Waals surface area contributed by atoms with E-state index in [1.807, 2.05) is 0 Å².